The molecule has 2 atom stereocenters. The van der Waals surface area contributed by atoms with Crippen molar-refractivity contribution in [2.45, 2.75) is 58.4 Å². The molecule has 1 aromatic rings. The van der Waals surface area contributed by atoms with Crippen LogP contribution in [0, 0.1) is 25.7 Å². The molecule has 1 heterocycles. The van der Waals surface area contributed by atoms with E-state index in [4.69, 9.17) is 0 Å². The van der Waals surface area contributed by atoms with E-state index < -0.39 is 10.0 Å². The highest BCUT2D eigenvalue weighted by atomic mass is 32.2. The Bertz CT molecular complexity index is 783. The number of carbonyl (C=O) groups excluding carboxylic acids is 1. The Labute approximate surface area is 163 Å². The second kappa shape index (κ2) is 8.71. The molecule has 7 heteroatoms. The zero-order valence-corrected chi connectivity index (χ0v) is 17.8. The Morgan fingerprint density at radius 2 is 1.85 bits per heavy atom. The van der Waals surface area contributed by atoms with Crippen LogP contribution in [0.15, 0.2) is 17.0 Å². The van der Waals surface area contributed by atoms with E-state index >= 15 is 0 Å². The number of aliphatic hydroxyl groups is 1. The third-order valence-electron chi connectivity index (χ3n) is 5.74. The minimum absolute atomic E-state index is 0.0264. The summed E-state index contributed by atoms with van der Waals surface area (Å²) in [6, 6.07) is 2.99. The fourth-order valence-corrected chi connectivity index (χ4v) is 4.97. The average molecular weight is 397 g/mol. The van der Waals surface area contributed by atoms with E-state index in [2.05, 4.69) is 12.2 Å². The van der Waals surface area contributed by atoms with Crippen molar-refractivity contribution in [3.8, 4) is 0 Å². The summed E-state index contributed by atoms with van der Waals surface area (Å²) in [6.07, 6.45) is 1.71. The third kappa shape index (κ3) is 4.89. The number of aryl methyl sites for hydroxylation is 1. The normalized spacial score (nSPS) is 18.9. The Hall–Kier alpha value is -1.44. The van der Waals surface area contributed by atoms with Crippen LogP contribution in [0.4, 0.5) is 0 Å². The number of aliphatic hydroxyl groups excluding tert-OH is 1. The van der Waals surface area contributed by atoms with Crippen molar-refractivity contribution in [3.05, 3.63) is 28.8 Å². The topological polar surface area (TPSA) is 86.7 Å². The number of nitrogens with one attached hydrogen (secondary N) is 1. The van der Waals surface area contributed by atoms with Crippen LogP contribution >= 0.6 is 0 Å². The van der Waals surface area contributed by atoms with Gasteiger partial charge in [0.05, 0.1) is 4.90 Å². The van der Waals surface area contributed by atoms with E-state index in [1.54, 1.807) is 13.0 Å². The molecule has 1 aliphatic heterocycles. The van der Waals surface area contributed by atoms with Crippen LogP contribution in [0.2, 0.25) is 0 Å². The van der Waals surface area contributed by atoms with Crippen LogP contribution in [0.1, 0.15) is 55.1 Å². The summed E-state index contributed by atoms with van der Waals surface area (Å²) in [6.45, 7) is 10.4. The van der Waals surface area contributed by atoms with Gasteiger partial charge in [-0.2, -0.15) is 4.31 Å². The lowest BCUT2D eigenvalue weighted by Crippen LogP contribution is -2.39. The van der Waals surface area contributed by atoms with Crippen molar-refractivity contribution in [1.82, 2.24) is 9.62 Å². The lowest BCUT2D eigenvalue weighted by Gasteiger charge is -2.30. The minimum Gasteiger partial charge on any atom is -0.396 e. The quantitative estimate of drug-likeness (QED) is 0.773. The van der Waals surface area contributed by atoms with Crippen LogP contribution in [-0.4, -0.2) is 49.5 Å². The number of piperidine rings is 1. The maximum absolute atomic E-state index is 13.2. The van der Waals surface area contributed by atoms with Gasteiger partial charge in [0, 0.05) is 31.3 Å². The van der Waals surface area contributed by atoms with Crippen molar-refractivity contribution in [1.29, 1.82) is 0 Å². The van der Waals surface area contributed by atoms with Crippen LogP contribution in [0.3, 0.4) is 0 Å². The van der Waals surface area contributed by atoms with Gasteiger partial charge in [-0.05, 0) is 68.7 Å². The molecule has 0 radical (unpaired) electrons. The first kappa shape index (κ1) is 21.9. The van der Waals surface area contributed by atoms with Gasteiger partial charge >= 0.3 is 0 Å². The maximum Gasteiger partial charge on any atom is 0.251 e. The monoisotopic (exact) mass is 396 g/mol. The molecule has 1 aliphatic rings. The van der Waals surface area contributed by atoms with Gasteiger partial charge in [0.25, 0.3) is 5.91 Å². The fourth-order valence-electron chi connectivity index (χ4n) is 3.18. The predicted molar refractivity (Wildman–Crippen MR) is 106 cm³/mol. The molecule has 1 fully saturated rings. The second-order valence-electron chi connectivity index (χ2n) is 7.92. The molecule has 152 valence electrons. The van der Waals surface area contributed by atoms with Crippen molar-refractivity contribution in [3.63, 3.8) is 0 Å². The van der Waals surface area contributed by atoms with E-state index in [1.807, 2.05) is 20.8 Å². The van der Waals surface area contributed by atoms with Crippen LogP contribution in [0.25, 0.3) is 0 Å². The molecule has 27 heavy (non-hydrogen) atoms. The molecule has 1 saturated heterocycles. The molecular formula is C20H32N2O4S. The number of hydrogen-bond donors (Lipinski definition) is 2. The fraction of sp³-hybridized carbons (Fsp3) is 0.650. The summed E-state index contributed by atoms with van der Waals surface area (Å²) in [4.78, 5) is 12.8. The Morgan fingerprint density at radius 1 is 1.26 bits per heavy atom. The van der Waals surface area contributed by atoms with Gasteiger partial charge in [-0.1, -0.05) is 13.8 Å². The van der Waals surface area contributed by atoms with Gasteiger partial charge in [0.2, 0.25) is 10.0 Å². The molecule has 0 aliphatic carbocycles. The Balaban J connectivity index is 2.34. The molecular weight excluding hydrogens is 364 g/mol. The summed E-state index contributed by atoms with van der Waals surface area (Å²) < 4.78 is 27.9. The van der Waals surface area contributed by atoms with E-state index in [9.17, 15) is 18.3 Å². The number of sulfonamides is 1. The molecule has 0 bridgehead atoms. The van der Waals surface area contributed by atoms with Gasteiger partial charge in [0.15, 0.2) is 0 Å². The molecule has 1 amide bonds. The van der Waals surface area contributed by atoms with Crippen molar-refractivity contribution < 1.29 is 18.3 Å². The summed E-state index contributed by atoms with van der Waals surface area (Å²) in [5.74, 6) is 0.125. The zero-order valence-electron chi connectivity index (χ0n) is 16.9. The first-order valence-corrected chi connectivity index (χ1v) is 11.0. The lowest BCUT2D eigenvalue weighted by atomic mass is 10.0. The molecule has 0 aromatic heterocycles. The minimum atomic E-state index is -3.63. The van der Waals surface area contributed by atoms with E-state index in [0.29, 0.717) is 30.1 Å². The third-order valence-corrected chi connectivity index (χ3v) is 7.77. The number of nitrogens with zero attached hydrogens (tertiary/aromatic N) is 1. The average Bonchev–Trinajstić information content (AvgIpc) is 2.63. The van der Waals surface area contributed by atoms with Crippen LogP contribution in [-0.2, 0) is 10.0 Å². The zero-order chi connectivity index (χ0) is 20.4. The molecule has 0 saturated carbocycles. The van der Waals surface area contributed by atoms with Gasteiger partial charge in [-0.25, -0.2) is 8.42 Å². The smallest absolute Gasteiger partial charge is 0.251 e. The van der Waals surface area contributed by atoms with Crippen LogP contribution < -0.4 is 5.32 Å². The van der Waals surface area contributed by atoms with Crippen molar-refractivity contribution >= 4 is 15.9 Å². The summed E-state index contributed by atoms with van der Waals surface area (Å²) in [7, 11) is -3.63. The summed E-state index contributed by atoms with van der Waals surface area (Å²) in [5, 5.41) is 12.1. The van der Waals surface area contributed by atoms with E-state index in [1.165, 1.54) is 10.4 Å². The van der Waals surface area contributed by atoms with Crippen molar-refractivity contribution in [2.24, 2.45) is 11.8 Å². The van der Waals surface area contributed by atoms with Gasteiger partial charge in [0.1, 0.15) is 0 Å². The molecule has 2 rings (SSSR count). The first-order chi connectivity index (χ1) is 12.6. The SMILES string of the molecule is Cc1cc(C(=O)NC(C)C(C)CO)cc(S(=O)(=O)N2CCC(C)CC2)c1C. The first-order valence-electron chi connectivity index (χ1n) is 9.61. The van der Waals surface area contributed by atoms with E-state index in [-0.39, 0.29) is 29.4 Å². The Morgan fingerprint density at radius 3 is 2.41 bits per heavy atom. The largest absolute Gasteiger partial charge is 0.396 e. The van der Waals surface area contributed by atoms with Crippen LogP contribution in [0.5, 0.6) is 0 Å². The molecule has 2 N–H and O–H groups in total. The maximum atomic E-state index is 13.2. The molecule has 2 unspecified atom stereocenters. The number of amides is 1. The van der Waals surface area contributed by atoms with E-state index in [0.717, 1.165) is 18.4 Å². The van der Waals surface area contributed by atoms with Gasteiger partial charge < -0.3 is 10.4 Å². The van der Waals surface area contributed by atoms with Gasteiger partial charge in [-0.15, -0.1) is 0 Å². The Kier molecular flexibility index (Phi) is 7.05. The summed E-state index contributed by atoms with van der Waals surface area (Å²) in [5.41, 5.74) is 1.79. The lowest BCUT2D eigenvalue weighted by molar-refractivity contribution is 0.0916. The second-order valence-corrected chi connectivity index (χ2v) is 9.83. The number of hydrogen-bond acceptors (Lipinski definition) is 4. The predicted octanol–water partition coefficient (Wildman–Crippen LogP) is 2.47. The highest BCUT2D eigenvalue weighted by molar-refractivity contribution is 7.89. The van der Waals surface area contributed by atoms with Gasteiger partial charge in [-0.3, -0.25) is 4.79 Å². The number of benzene rings is 1. The molecule has 6 nitrogen and oxygen atoms in total. The van der Waals surface area contributed by atoms with Crippen molar-refractivity contribution in [2.75, 3.05) is 19.7 Å². The summed E-state index contributed by atoms with van der Waals surface area (Å²) >= 11 is 0. The standard InChI is InChI=1S/C20H32N2O4S/c1-13-6-8-22(9-7-13)27(25,26)19-11-18(10-14(2)16(19)4)20(24)21-17(5)15(3)12-23/h10-11,13,15,17,23H,6-9,12H2,1-5H3,(H,21,24). The molecule has 1 aromatic carbocycles. The highest BCUT2D eigenvalue weighted by Crippen LogP contribution is 2.28. The highest BCUT2D eigenvalue weighted by Gasteiger charge is 2.30. The number of rotatable bonds is 6. The molecule has 0 spiro atoms. The number of carbonyl (C=O) groups is 1.